The zero-order chi connectivity index (χ0) is 14.5. The quantitative estimate of drug-likeness (QED) is 0.719. The van der Waals surface area contributed by atoms with Gasteiger partial charge in [0.05, 0.1) is 0 Å². The number of methoxy groups -OCH3 is 3. The molecule has 0 bridgehead atoms. The van der Waals surface area contributed by atoms with Gasteiger partial charge >= 0.3 is 126 Å². The van der Waals surface area contributed by atoms with Gasteiger partial charge in [0.15, 0.2) is 0 Å². The van der Waals surface area contributed by atoms with Crippen molar-refractivity contribution >= 4 is 20.4 Å². The van der Waals surface area contributed by atoms with Gasteiger partial charge < -0.3 is 0 Å². The molecule has 0 aliphatic heterocycles. The van der Waals surface area contributed by atoms with E-state index in [1.54, 1.807) is 63.8 Å². The van der Waals surface area contributed by atoms with Crippen LogP contribution in [0.3, 0.4) is 0 Å². The fourth-order valence-electron chi connectivity index (χ4n) is 1.72. The van der Waals surface area contributed by atoms with Crippen molar-refractivity contribution in [1.82, 2.24) is 0 Å². The fraction of sp³-hybridized carbons (Fsp3) is 0.200. The third-order valence-corrected chi connectivity index (χ3v) is 6.36. The first kappa shape index (κ1) is 14.9. The summed E-state index contributed by atoms with van der Waals surface area (Å²) in [4.78, 5) is 0. The predicted octanol–water partition coefficient (Wildman–Crippen LogP) is 4.14. The monoisotopic (exact) mass is 390 g/mol. The number of rotatable bonds is 5. The third-order valence-electron chi connectivity index (χ3n) is 2.78. The topological polar surface area (TPSA) is 27.7 Å². The molecule has 2 rings (SSSR count). The van der Waals surface area contributed by atoms with E-state index >= 15 is 0 Å². The van der Waals surface area contributed by atoms with Gasteiger partial charge in [-0.05, 0) is 0 Å². The summed E-state index contributed by atoms with van der Waals surface area (Å²) in [6.45, 7) is 0. The molecule has 0 N–H and O–H groups in total. The standard InChI is InChI=1S/C15H16FIO3/c1-18-13-7-4-11(5-8-13)17(16)12-6-9-14(19-2)15(10-12)20-3/h4-10H,1-3H3. The van der Waals surface area contributed by atoms with Gasteiger partial charge in [0.1, 0.15) is 0 Å². The Morgan fingerprint density at radius 2 is 1.35 bits per heavy atom. The predicted molar refractivity (Wildman–Crippen MR) is 85.1 cm³/mol. The van der Waals surface area contributed by atoms with E-state index in [1.165, 1.54) is 0 Å². The normalized spacial score (nSPS) is 10.9. The molecule has 0 saturated heterocycles. The van der Waals surface area contributed by atoms with Crippen LogP contribution in [-0.4, -0.2) is 21.3 Å². The van der Waals surface area contributed by atoms with E-state index in [0.29, 0.717) is 15.1 Å². The van der Waals surface area contributed by atoms with Crippen molar-refractivity contribution in [1.29, 1.82) is 0 Å². The Kier molecular flexibility index (Phi) is 5.05. The maximum absolute atomic E-state index is 14.7. The molecule has 20 heavy (non-hydrogen) atoms. The van der Waals surface area contributed by atoms with Gasteiger partial charge in [-0.2, -0.15) is 0 Å². The van der Waals surface area contributed by atoms with Crippen molar-refractivity contribution in [3.63, 3.8) is 0 Å². The molecule has 2 aromatic carbocycles. The van der Waals surface area contributed by atoms with Crippen molar-refractivity contribution in [2.24, 2.45) is 0 Å². The summed E-state index contributed by atoms with van der Waals surface area (Å²) >= 11 is -2.91. The molecular formula is C15H16FIO3. The van der Waals surface area contributed by atoms with E-state index in [0.717, 1.165) is 9.32 Å². The molecule has 0 fully saturated rings. The average molecular weight is 390 g/mol. The van der Waals surface area contributed by atoms with Crippen LogP contribution in [0, 0.1) is 7.14 Å². The van der Waals surface area contributed by atoms with Crippen molar-refractivity contribution in [3.05, 3.63) is 49.6 Å². The molecule has 0 aromatic heterocycles. The summed E-state index contributed by atoms with van der Waals surface area (Å²) in [6, 6.07) is 12.3. The van der Waals surface area contributed by atoms with E-state index in [9.17, 15) is 2.86 Å². The van der Waals surface area contributed by atoms with Crippen LogP contribution in [0.25, 0.3) is 0 Å². The molecule has 0 radical (unpaired) electrons. The Morgan fingerprint density at radius 1 is 0.750 bits per heavy atom. The molecule has 2 aromatic rings. The summed E-state index contributed by atoms with van der Waals surface area (Å²) in [5.74, 6) is 1.89. The van der Waals surface area contributed by atoms with Crippen LogP contribution in [-0.2, 0) is 0 Å². The second-order valence-electron chi connectivity index (χ2n) is 3.89. The van der Waals surface area contributed by atoms with E-state index in [1.807, 2.05) is 0 Å². The Hall–Kier alpha value is -1.50. The Bertz CT molecular complexity index is 572. The van der Waals surface area contributed by atoms with Crippen LogP contribution in [0.4, 0.5) is 2.86 Å². The van der Waals surface area contributed by atoms with Crippen LogP contribution < -0.4 is 14.2 Å². The summed E-state index contributed by atoms with van der Waals surface area (Å²) in [6.07, 6.45) is 0. The van der Waals surface area contributed by atoms with Crippen LogP contribution in [0.15, 0.2) is 42.5 Å². The molecule has 3 nitrogen and oxygen atoms in total. The van der Waals surface area contributed by atoms with E-state index in [-0.39, 0.29) is 0 Å². The van der Waals surface area contributed by atoms with Crippen LogP contribution >= 0.6 is 20.4 Å². The number of ether oxygens (including phenoxy) is 3. The summed E-state index contributed by atoms with van der Waals surface area (Å²) in [7, 11) is 4.70. The van der Waals surface area contributed by atoms with Crippen molar-refractivity contribution < 1.29 is 17.1 Å². The van der Waals surface area contributed by atoms with Gasteiger partial charge in [0.2, 0.25) is 0 Å². The number of halogens is 2. The molecule has 0 unspecified atom stereocenters. The van der Waals surface area contributed by atoms with E-state index in [2.05, 4.69) is 0 Å². The van der Waals surface area contributed by atoms with Crippen molar-refractivity contribution in [3.8, 4) is 17.2 Å². The molecule has 0 aliphatic carbocycles. The second-order valence-corrected chi connectivity index (χ2v) is 7.74. The molecule has 5 heteroatoms. The molecular weight excluding hydrogens is 374 g/mol. The zero-order valence-electron chi connectivity index (χ0n) is 11.5. The number of hydrogen-bond donors (Lipinski definition) is 0. The Morgan fingerprint density at radius 3 is 1.90 bits per heavy atom. The SMILES string of the molecule is COc1ccc(I(F)c2ccc(OC)c(OC)c2)cc1. The van der Waals surface area contributed by atoms with Crippen LogP contribution in [0.1, 0.15) is 0 Å². The Labute approximate surface area is 125 Å². The van der Waals surface area contributed by atoms with Gasteiger partial charge in [-0.15, -0.1) is 0 Å². The molecule has 0 aliphatic rings. The first-order valence-electron chi connectivity index (χ1n) is 5.92. The van der Waals surface area contributed by atoms with Gasteiger partial charge in [0, 0.05) is 0 Å². The second kappa shape index (κ2) is 6.78. The minimum absolute atomic E-state index is 0.554. The molecule has 108 valence electrons. The van der Waals surface area contributed by atoms with Crippen LogP contribution in [0.2, 0.25) is 0 Å². The van der Waals surface area contributed by atoms with Crippen molar-refractivity contribution in [2.75, 3.05) is 21.3 Å². The average Bonchev–Trinajstić information content (AvgIpc) is 2.53. The first-order valence-corrected chi connectivity index (χ1v) is 8.89. The van der Waals surface area contributed by atoms with Gasteiger partial charge in [-0.25, -0.2) is 0 Å². The fourth-order valence-corrected chi connectivity index (χ4v) is 4.48. The molecule has 0 atom stereocenters. The molecule has 0 saturated carbocycles. The summed E-state index contributed by atoms with van der Waals surface area (Å²) in [5, 5.41) is 0. The minimum atomic E-state index is -2.91. The van der Waals surface area contributed by atoms with Gasteiger partial charge in [0.25, 0.3) is 0 Å². The zero-order valence-corrected chi connectivity index (χ0v) is 13.7. The Balaban J connectivity index is 2.29. The third kappa shape index (κ3) is 3.15. The van der Waals surface area contributed by atoms with E-state index in [4.69, 9.17) is 14.2 Å². The van der Waals surface area contributed by atoms with Gasteiger partial charge in [-0.3, -0.25) is 0 Å². The van der Waals surface area contributed by atoms with Gasteiger partial charge in [-0.1, -0.05) is 0 Å². The van der Waals surface area contributed by atoms with Crippen molar-refractivity contribution in [2.45, 2.75) is 0 Å². The van der Waals surface area contributed by atoms with E-state index < -0.39 is 20.4 Å². The summed E-state index contributed by atoms with van der Waals surface area (Å²) in [5.41, 5.74) is 0. The molecule has 0 amide bonds. The first-order chi connectivity index (χ1) is 9.69. The maximum atomic E-state index is 14.7. The molecule has 0 spiro atoms. The molecule has 0 heterocycles. The number of benzene rings is 2. The summed E-state index contributed by atoms with van der Waals surface area (Å²) < 4.78 is 31.5. The number of hydrogen-bond acceptors (Lipinski definition) is 3. The van der Waals surface area contributed by atoms with Crippen LogP contribution in [0.5, 0.6) is 17.2 Å².